The van der Waals surface area contributed by atoms with E-state index in [1.165, 1.54) is 10.6 Å². The van der Waals surface area contributed by atoms with Crippen LogP contribution in [0.25, 0.3) is 17.2 Å². The first-order chi connectivity index (χ1) is 15.6. The van der Waals surface area contributed by atoms with Crippen LogP contribution < -0.4 is 15.6 Å². The van der Waals surface area contributed by atoms with Crippen molar-refractivity contribution < 1.29 is 9.53 Å². The normalized spacial score (nSPS) is 13.3. The summed E-state index contributed by atoms with van der Waals surface area (Å²) in [5.74, 6) is 1.87. The van der Waals surface area contributed by atoms with Gasteiger partial charge in [-0.15, -0.1) is 5.10 Å². The van der Waals surface area contributed by atoms with Gasteiger partial charge >= 0.3 is 0 Å². The maximum atomic E-state index is 12.6. The van der Waals surface area contributed by atoms with E-state index in [-0.39, 0.29) is 18.1 Å². The summed E-state index contributed by atoms with van der Waals surface area (Å²) in [4.78, 5) is 32.4. The number of aromatic nitrogens is 4. The smallest absolute Gasteiger partial charge is 0.276 e. The molecule has 0 unspecified atom stereocenters. The van der Waals surface area contributed by atoms with E-state index in [1.54, 1.807) is 6.07 Å². The molecule has 1 aliphatic rings. The molecule has 8 nitrogen and oxygen atoms in total. The molecule has 4 aromatic rings. The average Bonchev–Trinajstić information content (AvgIpc) is 3.49. The Morgan fingerprint density at radius 3 is 2.78 bits per heavy atom. The fourth-order valence-corrected chi connectivity index (χ4v) is 3.58. The van der Waals surface area contributed by atoms with Crippen LogP contribution in [-0.2, 0) is 11.4 Å². The fraction of sp³-hybridized carbons (Fsp3) is 0.250. The number of amides is 1. The molecule has 1 amide bonds. The summed E-state index contributed by atoms with van der Waals surface area (Å²) < 4.78 is 7.22. The van der Waals surface area contributed by atoms with Crippen LogP contribution in [0.4, 0.5) is 5.69 Å². The van der Waals surface area contributed by atoms with Crippen molar-refractivity contribution in [1.29, 1.82) is 0 Å². The molecular weight excluding hydrogens is 406 g/mol. The number of carbonyl (C=O) groups excluding carboxylic acids is 1. The van der Waals surface area contributed by atoms with Gasteiger partial charge in [-0.2, -0.15) is 9.50 Å². The summed E-state index contributed by atoms with van der Waals surface area (Å²) >= 11 is 0. The van der Waals surface area contributed by atoms with Gasteiger partial charge in [-0.3, -0.25) is 9.59 Å². The zero-order chi connectivity index (χ0) is 22.1. The maximum Gasteiger partial charge on any atom is 0.276 e. The van der Waals surface area contributed by atoms with Gasteiger partial charge in [0, 0.05) is 18.1 Å². The minimum Gasteiger partial charge on any atom is -0.485 e. The molecule has 0 bridgehead atoms. The van der Waals surface area contributed by atoms with Gasteiger partial charge < -0.3 is 15.0 Å². The van der Waals surface area contributed by atoms with Gasteiger partial charge in [0.15, 0.2) is 5.82 Å². The number of benzene rings is 2. The van der Waals surface area contributed by atoms with Gasteiger partial charge in [-0.05, 0) is 37.3 Å². The molecule has 2 aromatic heterocycles. The minimum absolute atomic E-state index is 0.00150. The highest BCUT2D eigenvalue weighted by Crippen LogP contribution is 2.34. The van der Waals surface area contributed by atoms with Crippen molar-refractivity contribution in [3.63, 3.8) is 0 Å². The van der Waals surface area contributed by atoms with Crippen molar-refractivity contribution in [2.75, 3.05) is 5.32 Å². The first kappa shape index (κ1) is 20.0. The van der Waals surface area contributed by atoms with Crippen LogP contribution in [0.2, 0.25) is 0 Å². The van der Waals surface area contributed by atoms with E-state index >= 15 is 0 Å². The van der Waals surface area contributed by atoms with E-state index in [0.29, 0.717) is 41.1 Å². The van der Waals surface area contributed by atoms with Crippen molar-refractivity contribution in [3.8, 4) is 17.1 Å². The second kappa shape index (κ2) is 8.30. The third-order valence-corrected chi connectivity index (χ3v) is 5.47. The summed E-state index contributed by atoms with van der Waals surface area (Å²) in [6, 6.07) is 16.5. The highest BCUT2D eigenvalue weighted by atomic mass is 16.5. The number of hydrogen-bond acceptors (Lipinski definition) is 5. The van der Waals surface area contributed by atoms with Gasteiger partial charge in [0.05, 0.1) is 11.4 Å². The molecule has 32 heavy (non-hydrogen) atoms. The number of aromatic amines is 1. The van der Waals surface area contributed by atoms with Crippen molar-refractivity contribution in [3.05, 3.63) is 76.2 Å². The molecule has 1 fully saturated rings. The first-order valence-electron chi connectivity index (χ1n) is 10.6. The quantitative estimate of drug-likeness (QED) is 0.466. The van der Waals surface area contributed by atoms with E-state index < -0.39 is 0 Å². The van der Waals surface area contributed by atoms with Gasteiger partial charge in [-0.25, -0.2) is 0 Å². The average molecular weight is 429 g/mol. The van der Waals surface area contributed by atoms with Crippen molar-refractivity contribution in [1.82, 2.24) is 19.6 Å². The van der Waals surface area contributed by atoms with Crippen molar-refractivity contribution in [2.45, 2.75) is 32.8 Å². The van der Waals surface area contributed by atoms with E-state index in [1.807, 2.05) is 49.4 Å². The maximum absolute atomic E-state index is 12.6. The van der Waals surface area contributed by atoms with Gasteiger partial charge in [0.1, 0.15) is 12.4 Å². The fourth-order valence-electron chi connectivity index (χ4n) is 3.58. The molecular formula is C24H23N5O3. The van der Waals surface area contributed by atoms with E-state index in [4.69, 9.17) is 4.74 Å². The Hall–Kier alpha value is -3.94. The molecule has 1 aliphatic carbocycles. The number of rotatable bonds is 7. The molecule has 1 saturated carbocycles. The summed E-state index contributed by atoms with van der Waals surface area (Å²) in [6.07, 6.45) is 2.78. The van der Waals surface area contributed by atoms with E-state index in [2.05, 4.69) is 20.4 Å². The highest BCUT2D eigenvalue weighted by molar-refractivity contribution is 5.93. The van der Waals surface area contributed by atoms with Crippen LogP contribution in [0, 0.1) is 12.8 Å². The number of para-hydroxylation sites is 1. The number of aryl methyl sites for hydroxylation is 1. The Labute approximate surface area is 184 Å². The predicted octanol–water partition coefficient (Wildman–Crippen LogP) is 3.71. The first-order valence-corrected chi connectivity index (χ1v) is 10.6. The summed E-state index contributed by atoms with van der Waals surface area (Å²) in [5, 5.41) is 7.29. The number of ether oxygens (including phenoxy) is 1. The Balaban J connectivity index is 1.37. The molecule has 0 aliphatic heterocycles. The predicted molar refractivity (Wildman–Crippen MR) is 121 cm³/mol. The van der Waals surface area contributed by atoms with Crippen LogP contribution in [0.3, 0.4) is 0 Å². The standard InChI is InChI=1S/C24H23N5O3/c1-15-6-5-9-19(22(15)26-20(30)12-16-10-11-16)32-14-18-13-21(31)29-24(25-18)27-23(28-29)17-7-3-2-4-8-17/h2-9,13,16H,10-12,14H2,1H3,(H,26,30)(H,25,27,28). The SMILES string of the molecule is Cc1cccc(OCc2cc(=O)n3nc(-c4ccccc4)nc3[nH]2)c1NC(=O)CC1CC1. The zero-order valence-corrected chi connectivity index (χ0v) is 17.7. The third-order valence-electron chi connectivity index (χ3n) is 5.47. The number of fused-ring (bicyclic) bond motifs is 1. The number of H-pyrrole nitrogens is 1. The van der Waals surface area contributed by atoms with Gasteiger partial charge in [0.25, 0.3) is 5.56 Å². The third kappa shape index (κ3) is 4.25. The number of anilines is 1. The lowest BCUT2D eigenvalue weighted by molar-refractivity contribution is -0.116. The second-order valence-corrected chi connectivity index (χ2v) is 8.10. The van der Waals surface area contributed by atoms with Gasteiger partial charge in [-0.1, -0.05) is 42.5 Å². The molecule has 5 rings (SSSR count). The summed E-state index contributed by atoms with van der Waals surface area (Å²) in [5.41, 5.74) is 2.67. The summed E-state index contributed by atoms with van der Waals surface area (Å²) in [6.45, 7) is 2.04. The molecule has 2 heterocycles. The number of carbonyl (C=O) groups is 1. The van der Waals surface area contributed by atoms with Crippen LogP contribution in [-0.4, -0.2) is 25.5 Å². The molecule has 162 valence electrons. The molecule has 8 heteroatoms. The number of nitrogens with one attached hydrogen (secondary N) is 2. The van der Waals surface area contributed by atoms with Crippen LogP contribution >= 0.6 is 0 Å². The molecule has 0 spiro atoms. The minimum atomic E-state index is -0.297. The molecule has 0 atom stereocenters. The largest absolute Gasteiger partial charge is 0.485 e. The Morgan fingerprint density at radius 1 is 1.19 bits per heavy atom. The van der Waals surface area contributed by atoms with Gasteiger partial charge in [0.2, 0.25) is 11.7 Å². The molecule has 2 N–H and O–H groups in total. The Bertz CT molecular complexity index is 1340. The second-order valence-electron chi connectivity index (χ2n) is 8.10. The van der Waals surface area contributed by atoms with E-state index in [9.17, 15) is 9.59 Å². The van der Waals surface area contributed by atoms with Crippen LogP contribution in [0.15, 0.2) is 59.4 Å². The number of nitrogens with zero attached hydrogens (tertiary/aromatic N) is 3. The topological polar surface area (TPSA) is 101 Å². The number of hydrogen-bond donors (Lipinski definition) is 2. The van der Waals surface area contributed by atoms with Crippen LogP contribution in [0.1, 0.15) is 30.5 Å². The Morgan fingerprint density at radius 2 is 2.00 bits per heavy atom. The Kier molecular flexibility index (Phi) is 5.18. The molecule has 2 aromatic carbocycles. The monoisotopic (exact) mass is 429 g/mol. The van der Waals surface area contributed by atoms with E-state index in [0.717, 1.165) is 24.0 Å². The summed E-state index contributed by atoms with van der Waals surface area (Å²) in [7, 11) is 0. The van der Waals surface area contributed by atoms with Crippen LogP contribution in [0.5, 0.6) is 5.75 Å². The lowest BCUT2D eigenvalue weighted by atomic mass is 10.1. The lowest BCUT2D eigenvalue weighted by Gasteiger charge is -2.15. The lowest BCUT2D eigenvalue weighted by Crippen LogP contribution is -2.17. The van der Waals surface area contributed by atoms with Crippen molar-refractivity contribution in [2.24, 2.45) is 5.92 Å². The molecule has 0 radical (unpaired) electrons. The highest BCUT2D eigenvalue weighted by Gasteiger charge is 2.25. The van der Waals surface area contributed by atoms with Crippen molar-refractivity contribution >= 4 is 17.4 Å². The molecule has 0 saturated heterocycles. The zero-order valence-electron chi connectivity index (χ0n) is 17.7.